The van der Waals surface area contributed by atoms with Crippen LogP contribution in [0, 0.1) is 0 Å². The summed E-state index contributed by atoms with van der Waals surface area (Å²) in [6, 6.07) is 23.2. The number of alkyl halides is 3. The van der Waals surface area contributed by atoms with Crippen molar-refractivity contribution in [1.29, 1.82) is 0 Å². The molecule has 0 saturated carbocycles. The second kappa shape index (κ2) is 10.3. The third-order valence-electron chi connectivity index (χ3n) is 5.41. The van der Waals surface area contributed by atoms with E-state index in [2.05, 4.69) is 17.0 Å². The van der Waals surface area contributed by atoms with Crippen molar-refractivity contribution in [3.8, 4) is 0 Å². The maximum absolute atomic E-state index is 13.6. The first-order valence-electron chi connectivity index (χ1n) is 10.4. The number of halogens is 4. The Kier molecular flexibility index (Phi) is 7.46. The zero-order chi connectivity index (χ0) is 22.6. The third kappa shape index (κ3) is 5.87. The molecule has 0 aliphatic carbocycles. The topological polar surface area (TPSA) is 12.5 Å². The summed E-state index contributed by atoms with van der Waals surface area (Å²) in [5, 5.41) is 0.276. The minimum Gasteiger partial charge on any atom is -0.374 e. The van der Waals surface area contributed by atoms with E-state index in [0.29, 0.717) is 18.2 Å². The highest BCUT2D eigenvalue weighted by Gasteiger charge is 2.36. The molecule has 0 bridgehead atoms. The van der Waals surface area contributed by atoms with E-state index in [-0.39, 0.29) is 16.2 Å². The molecular formula is C25H23ClF3NOS. The minimum absolute atomic E-state index is 0.198. The molecule has 7 heteroatoms. The molecule has 0 radical (unpaired) electrons. The number of nitrogens with zero attached hydrogens (tertiary/aromatic N) is 1. The van der Waals surface area contributed by atoms with Gasteiger partial charge in [-0.1, -0.05) is 66.2 Å². The number of hydrogen-bond donors (Lipinski definition) is 0. The summed E-state index contributed by atoms with van der Waals surface area (Å²) in [6.07, 6.45) is -4.68. The first kappa shape index (κ1) is 23.2. The summed E-state index contributed by atoms with van der Waals surface area (Å²) in [4.78, 5) is 2.49. The molecule has 2 nitrogen and oxygen atoms in total. The van der Waals surface area contributed by atoms with Gasteiger partial charge in [-0.2, -0.15) is 13.2 Å². The largest absolute Gasteiger partial charge is 0.417 e. The maximum Gasteiger partial charge on any atom is 0.417 e. The molecule has 3 aromatic rings. The van der Waals surface area contributed by atoms with Crippen LogP contribution >= 0.6 is 23.4 Å². The van der Waals surface area contributed by atoms with Crippen LogP contribution in [0.2, 0.25) is 5.02 Å². The van der Waals surface area contributed by atoms with Crippen LogP contribution < -0.4 is 0 Å². The second-order valence-electron chi connectivity index (χ2n) is 7.71. The first-order chi connectivity index (χ1) is 15.4. The lowest BCUT2D eigenvalue weighted by Crippen LogP contribution is -2.44. The van der Waals surface area contributed by atoms with Gasteiger partial charge in [0.2, 0.25) is 0 Å². The van der Waals surface area contributed by atoms with Gasteiger partial charge in [0.25, 0.3) is 0 Å². The van der Waals surface area contributed by atoms with Gasteiger partial charge < -0.3 is 4.74 Å². The highest BCUT2D eigenvalue weighted by atomic mass is 35.5. The Bertz CT molecular complexity index is 1010. The van der Waals surface area contributed by atoms with Gasteiger partial charge in [-0.25, -0.2) is 0 Å². The average Bonchev–Trinajstić information content (AvgIpc) is 2.79. The monoisotopic (exact) mass is 477 g/mol. The Labute approximate surface area is 195 Å². The van der Waals surface area contributed by atoms with E-state index in [9.17, 15) is 13.2 Å². The zero-order valence-corrected chi connectivity index (χ0v) is 18.8. The van der Waals surface area contributed by atoms with Gasteiger partial charge in [-0.15, -0.1) is 11.8 Å². The summed E-state index contributed by atoms with van der Waals surface area (Å²) in [7, 11) is 0. The van der Waals surface area contributed by atoms with Gasteiger partial charge in [0.15, 0.2) is 0 Å². The van der Waals surface area contributed by atoms with Crippen LogP contribution in [0.5, 0.6) is 0 Å². The van der Waals surface area contributed by atoms with E-state index in [1.54, 1.807) is 18.2 Å². The van der Waals surface area contributed by atoms with E-state index in [1.165, 1.54) is 29.5 Å². The molecule has 2 atom stereocenters. The van der Waals surface area contributed by atoms with E-state index in [4.69, 9.17) is 16.3 Å². The molecule has 0 aromatic heterocycles. The predicted molar refractivity (Wildman–Crippen MR) is 123 cm³/mol. The van der Waals surface area contributed by atoms with Gasteiger partial charge in [-0.05, 0) is 35.4 Å². The van der Waals surface area contributed by atoms with Crippen molar-refractivity contribution in [2.24, 2.45) is 0 Å². The first-order valence-corrected chi connectivity index (χ1v) is 11.6. The van der Waals surface area contributed by atoms with Crippen molar-refractivity contribution < 1.29 is 17.9 Å². The van der Waals surface area contributed by atoms with Gasteiger partial charge in [0.1, 0.15) is 0 Å². The summed E-state index contributed by atoms with van der Waals surface area (Å²) in [5.74, 6) is 0. The molecule has 1 fully saturated rings. The number of ether oxygens (including phenoxy) is 1. The summed E-state index contributed by atoms with van der Waals surface area (Å²) >= 11 is 7.27. The quantitative estimate of drug-likeness (QED) is 0.351. The molecule has 1 heterocycles. The van der Waals surface area contributed by atoms with E-state index < -0.39 is 11.7 Å². The van der Waals surface area contributed by atoms with Crippen LogP contribution in [-0.2, 0) is 17.5 Å². The van der Waals surface area contributed by atoms with Crippen molar-refractivity contribution >= 4 is 23.4 Å². The molecule has 0 N–H and O–H groups in total. The predicted octanol–water partition coefficient (Wildman–Crippen LogP) is 7.09. The Morgan fingerprint density at radius 1 is 0.969 bits per heavy atom. The lowest BCUT2D eigenvalue weighted by atomic mass is 10.1. The molecule has 4 rings (SSSR count). The highest BCUT2D eigenvalue weighted by molar-refractivity contribution is 7.99. The van der Waals surface area contributed by atoms with Crippen molar-refractivity contribution in [2.45, 2.75) is 29.0 Å². The number of thioether (sulfide) groups is 1. The molecule has 168 valence electrons. The second-order valence-corrected chi connectivity index (χ2v) is 9.33. The molecule has 0 amide bonds. The fraction of sp³-hybridized carbons (Fsp3) is 0.280. The molecule has 1 saturated heterocycles. The van der Waals surface area contributed by atoms with Crippen LogP contribution in [-0.4, -0.2) is 30.7 Å². The number of hydrogen-bond acceptors (Lipinski definition) is 3. The zero-order valence-electron chi connectivity index (χ0n) is 17.3. The Morgan fingerprint density at radius 3 is 2.38 bits per heavy atom. The van der Waals surface area contributed by atoms with E-state index >= 15 is 0 Å². The Hall–Kier alpha value is -1.99. The van der Waals surface area contributed by atoms with Gasteiger partial charge in [-0.3, -0.25) is 4.90 Å². The molecule has 1 unspecified atom stereocenters. The molecule has 1 aliphatic heterocycles. The lowest BCUT2D eigenvalue weighted by Gasteiger charge is -2.37. The maximum atomic E-state index is 13.6. The van der Waals surface area contributed by atoms with Crippen LogP contribution in [0.4, 0.5) is 13.2 Å². The standard InChI is InChI=1S/C25H23ClF3NOS/c26-20-12-10-19(11-13-20)24(32-23-9-5-4-8-21(23)25(27,28)29)22-17-30(14-15-31-22)16-18-6-2-1-3-7-18/h1-13,22,24H,14-17H2/t22-,24?/m0/s1. The van der Waals surface area contributed by atoms with Crippen LogP contribution in [0.3, 0.4) is 0 Å². The smallest absolute Gasteiger partial charge is 0.374 e. The molecule has 1 aliphatic rings. The summed E-state index contributed by atoms with van der Waals surface area (Å²) in [5.41, 5.74) is 1.47. The van der Waals surface area contributed by atoms with E-state index in [1.807, 2.05) is 30.3 Å². The van der Waals surface area contributed by atoms with Crippen LogP contribution in [0.1, 0.15) is 21.9 Å². The molecule has 3 aromatic carbocycles. The normalized spacial score (nSPS) is 18.4. The average molecular weight is 478 g/mol. The molecular weight excluding hydrogens is 455 g/mol. The van der Waals surface area contributed by atoms with Crippen molar-refractivity contribution in [3.63, 3.8) is 0 Å². The summed E-state index contributed by atoms with van der Waals surface area (Å²) in [6.45, 7) is 2.72. The van der Waals surface area contributed by atoms with Crippen LogP contribution in [0.15, 0.2) is 83.8 Å². The number of morpholine rings is 1. The Balaban J connectivity index is 1.61. The van der Waals surface area contributed by atoms with Gasteiger partial charge in [0.05, 0.1) is 23.5 Å². The number of benzene rings is 3. The van der Waals surface area contributed by atoms with Crippen molar-refractivity contribution in [3.05, 3.63) is 101 Å². The fourth-order valence-corrected chi connectivity index (χ4v) is 5.33. The SMILES string of the molecule is FC(F)(F)c1ccccc1SC(c1ccc(Cl)cc1)[C@@H]1CN(Cc2ccccc2)CCO1. The van der Waals surface area contributed by atoms with E-state index in [0.717, 1.165) is 24.7 Å². The van der Waals surface area contributed by atoms with Gasteiger partial charge in [0, 0.05) is 29.6 Å². The van der Waals surface area contributed by atoms with Gasteiger partial charge >= 0.3 is 6.18 Å². The lowest BCUT2D eigenvalue weighted by molar-refractivity contribution is -0.139. The Morgan fingerprint density at radius 2 is 1.66 bits per heavy atom. The third-order valence-corrected chi connectivity index (χ3v) is 7.10. The molecule has 0 spiro atoms. The number of rotatable bonds is 6. The van der Waals surface area contributed by atoms with Crippen molar-refractivity contribution in [2.75, 3.05) is 19.7 Å². The van der Waals surface area contributed by atoms with Crippen molar-refractivity contribution in [1.82, 2.24) is 4.90 Å². The summed E-state index contributed by atoms with van der Waals surface area (Å²) < 4.78 is 47.0. The minimum atomic E-state index is -4.42. The molecule has 32 heavy (non-hydrogen) atoms. The van der Waals surface area contributed by atoms with Crippen LogP contribution in [0.25, 0.3) is 0 Å². The highest BCUT2D eigenvalue weighted by Crippen LogP contribution is 2.45. The fourth-order valence-electron chi connectivity index (χ4n) is 3.85.